The van der Waals surface area contributed by atoms with Gasteiger partial charge in [-0.3, -0.25) is 10.1 Å². The number of nitrogens with one attached hydrogen (secondary N) is 1. The number of esters is 2. The Labute approximate surface area is 147 Å². The quantitative estimate of drug-likeness (QED) is 0.542. The smallest absolute Gasteiger partial charge is 0.412 e. The second kappa shape index (κ2) is 11.1. The van der Waals surface area contributed by atoms with Crippen LogP contribution >= 0.6 is 0 Å². The zero-order valence-electron chi connectivity index (χ0n) is 14.8. The second-order valence-electron chi connectivity index (χ2n) is 5.87. The number of benzene rings is 1. The van der Waals surface area contributed by atoms with Crippen LogP contribution in [0.1, 0.15) is 50.4 Å². The van der Waals surface area contributed by atoms with E-state index in [0.29, 0.717) is 17.9 Å². The van der Waals surface area contributed by atoms with Crippen molar-refractivity contribution in [3.8, 4) is 0 Å². The van der Waals surface area contributed by atoms with E-state index in [2.05, 4.69) is 19.2 Å². The van der Waals surface area contributed by atoms with Gasteiger partial charge in [0.05, 0.1) is 5.56 Å². The van der Waals surface area contributed by atoms with Crippen LogP contribution in [-0.2, 0) is 19.0 Å². The predicted octanol–water partition coefficient (Wildman–Crippen LogP) is 3.24. The first-order valence-corrected chi connectivity index (χ1v) is 8.24. The maximum absolute atomic E-state index is 11.8. The Bertz CT molecular complexity index is 558. The number of hydrogen-bond donors (Lipinski definition) is 1. The van der Waals surface area contributed by atoms with Gasteiger partial charge in [-0.25, -0.2) is 9.59 Å². The second-order valence-corrected chi connectivity index (χ2v) is 5.87. The Morgan fingerprint density at radius 2 is 1.72 bits per heavy atom. The summed E-state index contributed by atoms with van der Waals surface area (Å²) in [4.78, 5) is 34.8. The number of carbonyl (C=O) groups is 3. The van der Waals surface area contributed by atoms with Gasteiger partial charge in [-0.2, -0.15) is 0 Å². The third-order valence-corrected chi connectivity index (χ3v) is 3.17. The molecule has 0 unspecified atom stereocenters. The molecule has 0 radical (unpaired) electrons. The average molecular weight is 351 g/mol. The maximum Gasteiger partial charge on any atom is 0.412 e. The minimum absolute atomic E-state index is 0.293. The highest BCUT2D eigenvalue weighted by atomic mass is 16.7. The summed E-state index contributed by atoms with van der Waals surface area (Å²) in [5.41, 5.74) is 0.355. The minimum Gasteiger partial charge on any atom is -0.444 e. The molecule has 0 saturated heterocycles. The van der Waals surface area contributed by atoms with Crippen molar-refractivity contribution in [3.05, 3.63) is 35.9 Å². The lowest BCUT2D eigenvalue weighted by Crippen LogP contribution is -2.32. The number of ether oxygens (including phenoxy) is 3. The summed E-state index contributed by atoms with van der Waals surface area (Å²) in [6.07, 6.45) is 0.0697. The molecule has 1 rings (SSSR count). The highest BCUT2D eigenvalue weighted by Gasteiger charge is 2.15. The number of hydrogen-bond acceptors (Lipinski definition) is 6. The number of amides is 1. The third kappa shape index (κ3) is 9.34. The molecule has 138 valence electrons. The number of carbonyl (C=O) groups excluding carboxylic acids is 3. The van der Waals surface area contributed by atoms with Crippen LogP contribution in [0.3, 0.4) is 0 Å². The van der Waals surface area contributed by atoms with Gasteiger partial charge in [-0.15, -0.1) is 0 Å². The molecule has 0 saturated carbocycles. The molecule has 0 fully saturated rings. The van der Waals surface area contributed by atoms with Crippen molar-refractivity contribution < 1.29 is 28.6 Å². The SMILES string of the molecule is CC(C)CCCC(=O)OCNC(=O)O[C@H](C)OC(=O)c1ccccc1. The van der Waals surface area contributed by atoms with E-state index in [4.69, 9.17) is 14.2 Å². The van der Waals surface area contributed by atoms with Crippen LogP contribution in [-0.4, -0.2) is 31.1 Å². The van der Waals surface area contributed by atoms with E-state index in [1.807, 2.05) is 0 Å². The van der Waals surface area contributed by atoms with Gasteiger partial charge in [0, 0.05) is 13.3 Å². The van der Waals surface area contributed by atoms with E-state index in [0.717, 1.165) is 12.8 Å². The van der Waals surface area contributed by atoms with Crippen molar-refractivity contribution in [1.29, 1.82) is 0 Å². The molecular weight excluding hydrogens is 326 g/mol. The number of alkyl carbamates (subject to hydrolysis) is 1. The molecular formula is C18H25NO6. The van der Waals surface area contributed by atoms with Gasteiger partial charge in [-0.05, 0) is 24.5 Å². The lowest BCUT2D eigenvalue weighted by Gasteiger charge is -2.14. The highest BCUT2D eigenvalue weighted by molar-refractivity contribution is 5.89. The molecule has 0 aliphatic carbocycles. The van der Waals surface area contributed by atoms with E-state index in [-0.39, 0.29) is 12.7 Å². The first-order chi connectivity index (χ1) is 11.9. The molecule has 0 aliphatic heterocycles. The lowest BCUT2D eigenvalue weighted by atomic mass is 10.1. The molecule has 0 aromatic heterocycles. The van der Waals surface area contributed by atoms with Crippen molar-refractivity contribution in [2.75, 3.05) is 6.73 Å². The molecule has 1 amide bonds. The van der Waals surface area contributed by atoms with Crippen LogP contribution in [0.2, 0.25) is 0 Å². The molecule has 0 heterocycles. The Balaban J connectivity index is 2.19. The molecule has 0 bridgehead atoms. The summed E-state index contributed by atoms with van der Waals surface area (Å²) < 4.78 is 14.7. The summed E-state index contributed by atoms with van der Waals surface area (Å²) in [5, 5.41) is 2.26. The molecule has 0 aliphatic rings. The van der Waals surface area contributed by atoms with E-state index < -0.39 is 18.4 Å². The van der Waals surface area contributed by atoms with Crippen molar-refractivity contribution in [2.24, 2.45) is 5.92 Å². The van der Waals surface area contributed by atoms with Gasteiger partial charge in [0.25, 0.3) is 0 Å². The van der Waals surface area contributed by atoms with Crippen LogP contribution < -0.4 is 5.32 Å². The van der Waals surface area contributed by atoms with Gasteiger partial charge >= 0.3 is 18.0 Å². The first kappa shape index (κ1) is 20.5. The van der Waals surface area contributed by atoms with E-state index in [9.17, 15) is 14.4 Å². The number of rotatable bonds is 9. The minimum atomic E-state index is -1.07. The summed E-state index contributed by atoms with van der Waals surface area (Å²) in [6, 6.07) is 8.35. The molecule has 7 nitrogen and oxygen atoms in total. The molecule has 1 atom stereocenters. The van der Waals surface area contributed by atoms with E-state index in [1.165, 1.54) is 6.92 Å². The van der Waals surface area contributed by atoms with Crippen molar-refractivity contribution in [3.63, 3.8) is 0 Å². The maximum atomic E-state index is 11.8. The van der Waals surface area contributed by atoms with E-state index >= 15 is 0 Å². The van der Waals surface area contributed by atoms with Crippen LogP contribution in [0.15, 0.2) is 30.3 Å². The topological polar surface area (TPSA) is 90.9 Å². The van der Waals surface area contributed by atoms with E-state index in [1.54, 1.807) is 30.3 Å². The summed E-state index contributed by atoms with van der Waals surface area (Å²) >= 11 is 0. The Kier molecular flexibility index (Phi) is 9.06. The van der Waals surface area contributed by atoms with Crippen molar-refractivity contribution >= 4 is 18.0 Å². The van der Waals surface area contributed by atoms with Crippen molar-refractivity contribution in [1.82, 2.24) is 5.32 Å². The average Bonchev–Trinajstić information content (AvgIpc) is 2.55. The van der Waals surface area contributed by atoms with Gasteiger partial charge in [0.2, 0.25) is 6.29 Å². The fraction of sp³-hybridized carbons (Fsp3) is 0.500. The Hall–Kier alpha value is -2.57. The predicted molar refractivity (Wildman–Crippen MR) is 90.6 cm³/mol. The highest BCUT2D eigenvalue weighted by Crippen LogP contribution is 2.07. The standard InChI is InChI=1S/C18H25NO6/c1-13(2)8-7-11-16(20)23-12-19-18(22)25-14(3)24-17(21)15-9-5-4-6-10-15/h4-6,9-10,13-14H,7-8,11-12H2,1-3H3,(H,19,22)/t14-/m1/s1. The third-order valence-electron chi connectivity index (χ3n) is 3.17. The normalized spacial score (nSPS) is 11.5. The van der Waals surface area contributed by atoms with Crippen LogP contribution in [0, 0.1) is 5.92 Å². The van der Waals surface area contributed by atoms with Crippen LogP contribution in [0.25, 0.3) is 0 Å². The van der Waals surface area contributed by atoms with Crippen LogP contribution in [0.4, 0.5) is 4.79 Å². The van der Waals surface area contributed by atoms with Crippen molar-refractivity contribution in [2.45, 2.75) is 46.3 Å². The summed E-state index contributed by atoms with van der Waals surface area (Å²) in [7, 11) is 0. The molecule has 1 aromatic rings. The molecule has 0 spiro atoms. The van der Waals surface area contributed by atoms with Gasteiger partial charge in [-0.1, -0.05) is 38.5 Å². The Morgan fingerprint density at radius 3 is 2.36 bits per heavy atom. The fourth-order valence-electron chi connectivity index (χ4n) is 1.91. The summed E-state index contributed by atoms with van der Waals surface area (Å²) in [5.74, 6) is -0.456. The molecule has 25 heavy (non-hydrogen) atoms. The lowest BCUT2D eigenvalue weighted by molar-refractivity contribution is -0.144. The Morgan fingerprint density at radius 1 is 1.04 bits per heavy atom. The monoisotopic (exact) mass is 351 g/mol. The zero-order valence-corrected chi connectivity index (χ0v) is 14.8. The van der Waals surface area contributed by atoms with Crippen LogP contribution in [0.5, 0.6) is 0 Å². The summed E-state index contributed by atoms with van der Waals surface area (Å²) in [6.45, 7) is 5.28. The molecule has 7 heteroatoms. The zero-order chi connectivity index (χ0) is 18.7. The first-order valence-electron chi connectivity index (χ1n) is 8.24. The van der Waals surface area contributed by atoms with Gasteiger partial charge in [0.1, 0.15) is 0 Å². The fourth-order valence-corrected chi connectivity index (χ4v) is 1.91. The van der Waals surface area contributed by atoms with Gasteiger partial charge < -0.3 is 14.2 Å². The van der Waals surface area contributed by atoms with Gasteiger partial charge in [0.15, 0.2) is 6.73 Å². The molecule has 1 N–H and O–H groups in total. The molecule has 1 aromatic carbocycles. The largest absolute Gasteiger partial charge is 0.444 e.